The summed E-state index contributed by atoms with van der Waals surface area (Å²) in [5, 5.41) is 1.90. The van der Waals surface area contributed by atoms with Crippen LogP contribution in [0.3, 0.4) is 0 Å². The van der Waals surface area contributed by atoms with E-state index >= 15 is 0 Å². The van der Waals surface area contributed by atoms with E-state index in [0.29, 0.717) is 0 Å². The monoisotopic (exact) mass is 538 g/mol. The van der Waals surface area contributed by atoms with E-state index in [1.807, 2.05) is 0 Å². The molecule has 1 aliphatic heterocycles. The third-order valence-corrected chi connectivity index (χ3v) is 6.83. The predicted octanol–water partition coefficient (Wildman–Crippen LogP) is 2.48. The van der Waals surface area contributed by atoms with E-state index in [4.69, 9.17) is 5.73 Å². The molecule has 0 bridgehead atoms. The number of nitrogens with zero attached hydrogens (tertiary/aromatic N) is 1. The Morgan fingerprint density at radius 1 is 1.06 bits per heavy atom. The fourth-order valence-electron chi connectivity index (χ4n) is 2.60. The Morgan fingerprint density at radius 3 is 2.28 bits per heavy atom. The highest BCUT2D eigenvalue weighted by atomic mass is 79.9. The topological polar surface area (TPSA) is 156 Å². The molecule has 2 aromatic rings. The van der Waals surface area contributed by atoms with Gasteiger partial charge < -0.3 is 11.1 Å². The highest BCUT2D eigenvalue weighted by Gasteiger charge is 2.36. The van der Waals surface area contributed by atoms with Crippen molar-refractivity contribution in [1.82, 2.24) is 9.62 Å². The quantitative estimate of drug-likeness (QED) is 0.476. The first kappa shape index (κ1) is 23.5. The maximum atomic E-state index is 12.5. The van der Waals surface area contributed by atoms with Crippen LogP contribution in [-0.2, 0) is 19.6 Å². The number of primary amides is 1. The minimum Gasteiger partial charge on any atom is -0.351 e. The molecule has 0 aromatic heterocycles. The van der Waals surface area contributed by atoms with Crippen molar-refractivity contribution in [2.24, 2.45) is 5.73 Å². The average Bonchev–Trinajstić information content (AvgIpc) is 2.96. The van der Waals surface area contributed by atoms with Gasteiger partial charge in [-0.05, 0) is 59.8 Å². The second-order valence-corrected chi connectivity index (χ2v) is 9.95. The highest BCUT2D eigenvalue weighted by molar-refractivity contribution is 9.10. The van der Waals surface area contributed by atoms with E-state index in [1.165, 1.54) is 12.1 Å². The zero-order valence-corrected chi connectivity index (χ0v) is 19.3. The van der Waals surface area contributed by atoms with Crippen molar-refractivity contribution in [3.8, 4) is 0 Å². The van der Waals surface area contributed by atoms with Crippen LogP contribution in [0.5, 0.6) is 0 Å². The van der Waals surface area contributed by atoms with Crippen molar-refractivity contribution in [1.29, 1.82) is 0 Å². The Morgan fingerprint density at radius 2 is 1.69 bits per heavy atom. The number of urea groups is 1. The maximum absolute atomic E-state index is 12.5. The lowest BCUT2D eigenvalue weighted by Gasteiger charge is -2.12. The number of amides is 5. The number of hydrogen-bond acceptors (Lipinski definition) is 7. The number of thioether (sulfide) groups is 1. The number of nitrogens with two attached hydrogens (primary N) is 1. The highest BCUT2D eigenvalue weighted by Crippen LogP contribution is 2.32. The van der Waals surface area contributed by atoms with Gasteiger partial charge in [0.15, 0.2) is 0 Å². The van der Waals surface area contributed by atoms with E-state index in [0.717, 1.165) is 38.8 Å². The molecular weight excluding hydrogens is 524 g/mol. The summed E-state index contributed by atoms with van der Waals surface area (Å²) in [5.74, 6) is -1.24. The van der Waals surface area contributed by atoms with Crippen molar-refractivity contribution >= 4 is 72.6 Å². The molecule has 0 spiro atoms. The summed E-state index contributed by atoms with van der Waals surface area (Å²) in [5.41, 5.74) is 5.77. The van der Waals surface area contributed by atoms with Crippen LogP contribution in [0.25, 0.3) is 6.08 Å². The molecule has 5 amide bonds. The number of carbonyl (C=O) groups excluding carboxylic acids is 4. The first-order chi connectivity index (χ1) is 15.0. The molecule has 1 aliphatic rings. The van der Waals surface area contributed by atoms with E-state index in [1.54, 1.807) is 35.1 Å². The number of imide groups is 1. The number of halogens is 1. The number of rotatable bonds is 6. The number of sulfonamides is 1. The average molecular weight is 539 g/mol. The molecule has 0 unspecified atom stereocenters. The molecule has 0 saturated carbocycles. The van der Waals surface area contributed by atoms with Gasteiger partial charge in [0, 0.05) is 10.2 Å². The molecule has 0 radical (unpaired) electrons. The van der Waals surface area contributed by atoms with Gasteiger partial charge in [-0.25, -0.2) is 17.9 Å². The molecule has 1 saturated heterocycles. The van der Waals surface area contributed by atoms with Crippen LogP contribution in [0.15, 0.2) is 62.8 Å². The molecule has 4 N–H and O–H groups in total. The zero-order chi connectivity index (χ0) is 23.5. The lowest BCUT2D eigenvalue weighted by atomic mass is 10.2. The molecule has 3 rings (SSSR count). The third kappa shape index (κ3) is 5.75. The summed E-state index contributed by atoms with van der Waals surface area (Å²) in [7, 11) is -4.12. The van der Waals surface area contributed by atoms with Gasteiger partial charge in [0.1, 0.15) is 6.54 Å². The summed E-state index contributed by atoms with van der Waals surface area (Å²) < 4.78 is 26.2. The standard InChI is InChI=1S/C19H15BrN4O6S2/c20-12-3-1-11(2-4-12)9-15-17(26)24(19(28)31-15)10-16(25)22-13-5-7-14(8-6-13)32(29,30)23-18(21)27/h1-9H,10H2,(H,22,25)(H3,21,23,27). The number of hydrogen-bond donors (Lipinski definition) is 3. The lowest BCUT2D eigenvalue weighted by Crippen LogP contribution is -2.36. The summed E-state index contributed by atoms with van der Waals surface area (Å²) in [4.78, 5) is 48.6. The summed E-state index contributed by atoms with van der Waals surface area (Å²) in [6.07, 6.45) is 1.56. The molecule has 0 aliphatic carbocycles. The van der Waals surface area contributed by atoms with Crippen LogP contribution >= 0.6 is 27.7 Å². The van der Waals surface area contributed by atoms with Crippen LogP contribution in [0.4, 0.5) is 15.3 Å². The molecule has 13 heteroatoms. The van der Waals surface area contributed by atoms with Crippen LogP contribution in [0.1, 0.15) is 5.56 Å². The molecule has 10 nitrogen and oxygen atoms in total. The largest absolute Gasteiger partial charge is 0.351 e. The predicted molar refractivity (Wildman–Crippen MR) is 122 cm³/mol. The van der Waals surface area contributed by atoms with E-state index < -0.39 is 39.7 Å². The van der Waals surface area contributed by atoms with Gasteiger partial charge in [-0.2, -0.15) is 0 Å². The van der Waals surface area contributed by atoms with E-state index in [2.05, 4.69) is 21.2 Å². The van der Waals surface area contributed by atoms with Gasteiger partial charge in [0.25, 0.3) is 21.2 Å². The van der Waals surface area contributed by atoms with Gasteiger partial charge in [-0.15, -0.1) is 0 Å². The fourth-order valence-corrected chi connectivity index (χ4v) is 4.58. The van der Waals surface area contributed by atoms with Gasteiger partial charge in [0.2, 0.25) is 5.91 Å². The first-order valence-electron chi connectivity index (χ1n) is 8.78. The molecule has 32 heavy (non-hydrogen) atoms. The summed E-state index contributed by atoms with van der Waals surface area (Å²) >= 11 is 4.05. The maximum Gasteiger partial charge on any atom is 0.326 e. The molecule has 166 valence electrons. The number of anilines is 1. The Balaban J connectivity index is 1.64. The Bertz CT molecular complexity index is 1230. The second kappa shape index (κ2) is 9.54. The van der Waals surface area contributed by atoms with E-state index in [-0.39, 0.29) is 15.5 Å². The number of carbonyl (C=O) groups is 4. The lowest BCUT2D eigenvalue weighted by molar-refractivity contribution is -0.127. The Hall–Kier alpha value is -3.16. The molecular formula is C19H15BrN4O6S2. The van der Waals surface area contributed by atoms with Crippen LogP contribution in [0, 0.1) is 0 Å². The van der Waals surface area contributed by atoms with Gasteiger partial charge in [0.05, 0.1) is 9.80 Å². The fraction of sp³-hybridized carbons (Fsp3) is 0.0526. The first-order valence-corrected chi connectivity index (χ1v) is 11.9. The van der Waals surface area contributed by atoms with Gasteiger partial charge in [-0.1, -0.05) is 28.1 Å². The van der Waals surface area contributed by atoms with Crippen LogP contribution in [0.2, 0.25) is 0 Å². The van der Waals surface area contributed by atoms with Crippen molar-refractivity contribution in [3.05, 3.63) is 63.5 Å². The van der Waals surface area contributed by atoms with Crippen molar-refractivity contribution in [2.45, 2.75) is 4.90 Å². The van der Waals surface area contributed by atoms with Crippen molar-refractivity contribution < 1.29 is 27.6 Å². The minimum atomic E-state index is -4.12. The minimum absolute atomic E-state index is 0.196. The molecule has 2 aromatic carbocycles. The molecule has 0 atom stereocenters. The van der Waals surface area contributed by atoms with Crippen LogP contribution < -0.4 is 15.8 Å². The number of nitrogens with one attached hydrogen (secondary N) is 2. The van der Waals surface area contributed by atoms with Gasteiger partial charge in [-0.3, -0.25) is 19.3 Å². The number of benzene rings is 2. The van der Waals surface area contributed by atoms with E-state index in [9.17, 15) is 27.6 Å². The third-order valence-electron chi connectivity index (χ3n) is 4.03. The van der Waals surface area contributed by atoms with Crippen molar-refractivity contribution in [2.75, 3.05) is 11.9 Å². The Labute approximate surface area is 195 Å². The molecule has 1 fully saturated rings. The SMILES string of the molecule is NC(=O)NS(=O)(=O)c1ccc(NC(=O)CN2C(=O)SC(=Cc3ccc(Br)cc3)C2=O)cc1. The Kier molecular flexibility index (Phi) is 7.01. The summed E-state index contributed by atoms with van der Waals surface area (Å²) in [6, 6.07) is 10.8. The zero-order valence-electron chi connectivity index (χ0n) is 16.1. The smallest absolute Gasteiger partial charge is 0.326 e. The molecule has 1 heterocycles. The summed E-state index contributed by atoms with van der Waals surface area (Å²) in [6.45, 7) is -0.508. The second-order valence-electron chi connectivity index (χ2n) is 6.36. The van der Waals surface area contributed by atoms with Crippen molar-refractivity contribution in [3.63, 3.8) is 0 Å². The van der Waals surface area contributed by atoms with Crippen LogP contribution in [-0.4, -0.2) is 42.9 Å². The normalized spacial score (nSPS) is 15.2. The van der Waals surface area contributed by atoms with Gasteiger partial charge >= 0.3 is 6.03 Å².